The average Bonchev–Trinajstić information content (AvgIpc) is 2.25. The third kappa shape index (κ3) is 3.24. The molecule has 0 aromatic heterocycles. The van der Waals surface area contributed by atoms with E-state index in [1.165, 1.54) is 6.21 Å². The van der Waals surface area contributed by atoms with Crippen molar-refractivity contribution in [1.29, 1.82) is 0 Å². The first kappa shape index (κ1) is 12.5. The summed E-state index contributed by atoms with van der Waals surface area (Å²) in [5, 5.41) is 20.0. The standard InChI is InChI=1S/C12H17NO3/c1-9-8-12(16-6-4-13-15)10(2)7-11(9)3-5-14/h4,7-8,14-15H,3,5-6H2,1-2H3/b13-4-. The number of hydrogen-bond acceptors (Lipinski definition) is 4. The zero-order valence-corrected chi connectivity index (χ0v) is 9.60. The Morgan fingerprint density at radius 3 is 2.69 bits per heavy atom. The first-order valence-electron chi connectivity index (χ1n) is 5.18. The Kier molecular flexibility index (Phi) is 4.79. The number of aliphatic hydroxyl groups is 1. The highest BCUT2D eigenvalue weighted by Gasteiger charge is 2.04. The molecule has 1 aromatic carbocycles. The number of oxime groups is 1. The molecule has 1 rings (SSSR count). The molecule has 16 heavy (non-hydrogen) atoms. The molecule has 0 atom stereocenters. The van der Waals surface area contributed by atoms with Crippen LogP contribution in [0.1, 0.15) is 16.7 Å². The molecule has 0 radical (unpaired) electrons. The summed E-state index contributed by atoms with van der Waals surface area (Å²) < 4.78 is 5.42. The molecule has 0 spiro atoms. The lowest BCUT2D eigenvalue weighted by atomic mass is 10.0. The summed E-state index contributed by atoms with van der Waals surface area (Å²) >= 11 is 0. The number of aryl methyl sites for hydroxylation is 2. The van der Waals surface area contributed by atoms with Crippen LogP contribution in [-0.4, -0.2) is 29.7 Å². The molecular formula is C12H17NO3. The summed E-state index contributed by atoms with van der Waals surface area (Å²) in [6.07, 6.45) is 1.95. The second-order valence-corrected chi connectivity index (χ2v) is 3.63. The van der Waals surface area contributed by atoms with Crippen LogP contribution in [0.15, 0.2) is 17.3 Å². The summed E-state index contributed by atoms with van der Waals surface area (Å²) in [4.78, 5) is 0. The molecule has 0 aliphatic carbocycles. The van der Waals surface area contributed by atoms with Crippen LogP contribution in [-0.2, 0) is 6.42 Å². The third-order valence-corrected chi connectivity index (χ3v) is 2.41. The number of aliphatic hydroxyl groups excluding tert-OH is 1. The predicted molar refractivity (Wildman–Crippen MR) is 62.5 cm³/mol. The van der Waals surface area contributed by atoms with E-state index in [9.17, 15) is 0 Å². The van der Waals surface area contributed by atoms with E-state index >= 15 is 0 Å². The average molecular weight is 223 g/mol. The molecule has 4 nitrogen and oxygen atoms in total. The van der Waals surface area contributed by atoms with Crippen LogP contribution in [0, 0.1) is 13.8 Å². The van der Waals surface area contributed by atoms with Crippen molar-refractivity contribution in [1.82, 2.24) is 0 Å². The Morgan fingerprint density at radius 2 is 2.06 bits per heavy atom. The van der Waals surface area contributed by atoms with Gasteiger partial charge in [-0.1, -0.05) is 11.2 Å². The molecule has 0 saturated carbocycles. The minimum absolute atomic E-state index is 0.150. The van der Waals surface area contributed by atoms with E-state index in [-0.39, 0.29) is 13.2 Å². The monoisotopic (exact) mass is 223 g/mol. The van der Waals surface area contributed by atoms with Crippen molar-refractivity contribution in [3.05, 3.63) is 28.8 Å². The summed E-state index contributed by atoms with van der Waals surface area (Å²) in [5.74, 6) is 0.777. The van der Waals surface area contributed by atoms with Gasteiger partial charge in [0.15, 0.2) is 0 Å². The number of benzene rings is 1. The molecule has 4 heteroatoms. The molecule has 2 N–H and O–H groups in total. The second-order valence-electron chi connectivity index (χ2n) is 3.63. The zero-order valence-electron chi connectivity index (χ0n) is 9.60. The molecule has 0 heterocycles. The van der Waals surface area contributed by atoms with Crippen molar-refractivity contribution in [3.63, 3.8) is 0 Å². The fourth-order valence-corrected chi connectivity index (χ4v) is 1.56. The normalized spacial score (nSPS) is 10.9. The molecule has 1 aromatic rings. The first-order chi connectivity index (χ1) is 7.69. The van der Waals surface area contributed by atoms with E-state index in [0.29, 0.717) is 6.42 Å². The van der Waals surface area contributed by atoms with Crippen molar-refractivity contribution in [2.24, 2.45) is 5.16 Å². The third-order valence-electron chi connectivity index (χ3n) is 2.41. The van der Waals surface area contributed by atoms with Gasteiger partial charge in [0.05, 0.1) is 6.21 Å². The molecule has 88 valence electrons. The number of rotatable bonds is 5. The van der Waals surface area contributed by atoms with Crippen LogP contribution in [0.25, 0.3) is 0 Å². The van der Waals surface area contributed by atoms with Gasteiger partial charge < -0.3 is 15.1 Å². The second kappa shape index (κ2) is 6.12. The number of nitrogens with zero attached hydrogens (tertiary/aromatic N) is 1. The van der Waals surface area contributed by atoms with Crippen LogP contribution in [0.3, 0.4) is 0 Å². The molecule has 0 aliphatic heterocycles. The quantitative estimate of drug-likeness (QED) is 0.453. The van der Waals surface area contributed by atoms with E-state index in [0.717, 1.165) is 22.4 Å². The fourth-order valence-electron chi connectivity index (χ4n) is 1.56. The minimum Gasteiger partial charge on any atom is -0.488 e. The van der Waals surface area contributed by atoms with E-state index in [1.54, 1.807) is 0 Å². The van der Waals surface area contributed by atoms with Gasteiger partial charge in [0, 0.05) is 6.61 Å². The molecule has 0 amide bonds. The summed E-state index contributed by atoms with van der Waals surface area (Å²) in [5.41, 5.74) is 3.24. The van der Waals surface area contributed by atoms with Crippen molar-refractivity contribution in [2.75, 3.05) is 13.2 Å². The van der Waals surface area contributed by atoms with Crippen LogP contribution >= 0.6 is 0 Å². The predicted octanol–water partition coefficient (Wildman–Crippen LogP) is 1.68. The van der Waals surface area contributed by atoms with Crippen molar-refractivity contribution >= 4 is 6.21 Å². The van der Waals surface area contributed by atoms with Crippen LogP contribution in [0.5, 0.6) is 5.75 Å². The van der Waals surface area contributed by atoms with Gasteiger partial charge in [-0.15, -0.1) is 0 Å². The van der Waals surface area contributed by atoms with Crippen LogP contribution in [0.2, 0.25) is 0 Å². The van der Waals surface area contributed by atoms with E-state index < -0.39 is 0 Å². The number of ether oxygens (including phenoxy) is 1. The Labute approximate surface area is 95.2 Å². The van der Waals surface area contributed by atoms with Gasteiger partial charge in [-0.2, -0.15) is 0 Å². The zero-order chi connectivity index (χ0) is 12.0. The lowest BCUT2D eigenvalue weighted by Gasteiger charge is -2.11. The number of hydrogen-bond donors (Lipinski definition) is 2. The van der Waals surface area contributed by atoms with Crippen molar-refractivity contribution in [2.45, 2.75) is 20.3 Å². The molecule has 0 bridgehead atoms. The van der Waals surface area contributed by atoms with Gasteiger partial charge in [0.1, 0.15) is 12.4 Å². The molecule has 0 unspecified atom stereocenters. The van der Waals surface area contributed by atoms with Gasteiger partial charge >= 0.3 is 0 Å². The topological polar surface area (TPSA) is 62.0 Å². The minimum atomic E-state index is 0.150. The highest BCUT2D eigenvalue weighted by Crippen LogP contribution is 2.23. The van der Waals surface area contributed by atoms with Gasteiger partial charge in [-0.3, -0.25) is 0 Å². The maximum atomic E-state index is 8.90. The Balaban J connectivity index is 2.83. The smallest absolute Gasteiger partial charge is 0.127 e. The SMILES string of the molecule is Cc1cc(OC/C=N\O)c(C)cc1CCO. The summed E-state index contributed by atoms with van der Waals surface area (Å²) in [6.45, 7) is 4.33. The fraction of sp³-hybridized carbons (Fsp3) is 0.417. The van der Waals surface area contributed by atoms with Crippen LogP contribution in [0.4, 0.5) is 0 Å². The van der Waals surface area contributed by atoms with E-state index in [2.05, 4.69) is 5.16 Å². The lowest BCUT2D eigenvalue weighted by molar-refractivity contribution is 0.299. The first-order valence-corrected chi connectivity index (χ1v) is 5.18. The highest BCUT2D eigenvalue weighted by atomic mass is 16.5. The van der Waals surface area contributed by atoms with Gasteiger partial charge in [-0.05, 0) is 43.0 Å². The van der Waals surface area contributed by atoms with Gasteiger partial charge in [0.2, 0.25) is 0 Å². The summed E-state index contributed by atoms with van der Waals surface area (Å²) in [7, 11) is 0. The Hall–Kier alpha value is -1.55. The maximum Gasteiger partial charge on any atom is 0.127 e. The largest absolute Gasteiger partial charge is 0.488 e. The molecule has 0 saturated heterocycles. The maximum absolute atomic E-state index is 8.90. The van der Waals surface area contributed by atoms with E-state index in [4.69, 9.17) is 15.1 Å². The van der Waals surface area contributed by atoms with Crippen LogP contribution < -0.4 is 4.74 Å². The Morgan fingerprint density at radius 1 is 1.31 bits per heavy atom. The van der Waals surface area contributed by atoms with E-state index in [1.807, 2.05) is 26.0 Å². The Bertz CT molecular complexity index is 375. The molecule has 0 fully saturated rings. The molecule has 0 aliphatic rings. The lowest BCUT2D eigenvalue weighted by Crippen LogP contribution is -2.02. The van der Waals surface area contributed by atoms with Crippen molar-refractivity contribution in [3.8, 4) is 5.75 Å². The highest BCUT2D eigenvalue weighted by molar-refractivity contribution is 5.58. The summed E-state index contributed by atoms with van der Waals surface area (Å²) in [6, 6.07) is 3.95. The molecular weight excluding hydrogens is 206 g/mol. The van der Waals surface area contributed by atoms with Gasteiger partial charge in [0.25, 0.3) is 0 Å². The van der Waals surface area contributed by atoms with Gasteiger partial charge in [-0.25, -0.2) is 0 Å². The van der Waals surface area contributed by atoms with Crippen molar-refractivity contribution < 1.29 is 15.1 Å².